The van der Waals surface area contributed by atoms with E-state index in [2.05, 4.69) is 0 Å². The molecular formula is C4H11O2PS3. The van der Waals surface area contributed by atoms with Gasteiger partial charge in [-0.2, -0.15) is 0 Å². The van der Waals surface area contributed by atoms with Gasteiger partial charge in [0.1, 0.15) is 0 Å². The molecule has 0 aliphatic rings. The van der Waals surface area contributed by atoms with E-state index >= 15 is 0 Å². The van der Waals surface area contributed by atoms with Crippen LogP contribution in [0.5, 0.6) is 0 Å². The lowest BCUT2D eigenvalue weighted by atomic mass is 10.9. The van der Waals surface area contributed by atoms with Gasteiger partial charge in [-0.3, -0.25) is 0 Å². The van der Waals surface area contributed by atoms with Gasteiger partial charge >= 0.3 is 0 Å². The SMILES string of the molecule is CCOP(O)(=S)SSCC. The monoisotopic (exact) mass is 218 g/mol. The van der Waals surface area contributed by atoms with Gasteiger partial charge in [0.25, 0.3) is 5.69 Å². The highest BCUT2D eigenvalue weighted by Gasteiger charge is 2.12. The first kappa shape index (κ1) is 11.3. The second-order valence-corrected chi connectivity index (χ2v) is 9.68. The van der Waals surface area contributed by atoms with E-state index < -0.39 is 5.69 Å². The van der Waals surface area contributed by atoms with Gasteiger partial charge in [0, 0.05) is 5.75 Å². The van der Waals surface area contributed by atoms with Crippen molar-refractivity contribution in [1.29, 1.82) is 0 Å². The molecule has 0 aliphatic heterocycles. The zero-order valence-corrected chi connectivity index (χ0v) is 9.29. The molecule has 0 spiro atoms. The van der Waals surface area contributed by atoms with Crippen LogP contribution in [0.1, 0.15) is 13.8 Å². The first-order valence-electron chi connectivity index (χ1n) is 2.91. The van der Waals surface area contributed by atoms with E-state index in [1.54, 1.807) is 10.8 Å². The van der Waals surface area contributed by atoms with E-state index in [1.165, 1.54) is 10.4 Å². The molecule has 2 nitrogen and oxygen atoms in total. The molecule has 0 rings (SSSR count). The molecule has 0 radical (unpaired) electrons. The molecule has 0 fully saturated rings. The molecule has 0 aliphatic carbocycles. The van der Waals surface area contributed by atoms with Gasteiger partial charge in [-0.15, -0.1) is 0 Å². The minimum atomic E-state index is -2.50. The van der Waals surface area contributed by atoms with Crippen molar-refractivity contribution in [2.24, 2.45) is 0 Å². The first-order chi connectivity index (χ1) is 4.62. The summed E-state index contributed by atoms with van der Waals surface area (Å²) in [6.45, 7) is 4.33. The van der Waals surface area contributed by atoms with Crippen LogP contribution in [0.2, 0.25) is 0 Å². The van der Waals surface area contributed by atoms with Gasteiger partial charge in [-0.1, -0.05) is 17.7 Å². The zero-order valence-electron chi connectivity index (χ0n) is 5.94. The average Bonchev–Trinajstić information content (AvgIpc) is 1.84. The molecule has 0 aromatic heterocycles. The van der Waals surface area contributed by atoms with Gasteiger partial charge in [-0.25, -0.2) is 0 Å². The number of rotatable bonds is 5. The molecule has 1 unspecified atom stereocenters. The largest absolute Gasteiger partial charge is 0.337 e. The van der Waals surface area contributed by atoms with Crippen molar-refractivity contribution >= 4 is 38.7 Å². The Morgan fingerprint density at radius 2 is 2.20 bits per heavy atom. The average molecular weight is 218 g/mol. The van der Waals surface area contributed by atoms with E-state index in [0.717, 1.165) is 5.75 Å². The minimum Gasteiger partial charge on any atom is -0.337 e. The van der Waals surface area contributed by atoms with Crippen LogP contribution in [0.4, 0.5) is 0 Å². The molecule has 62 valence electrons. The van der Waals surface area contributed by atoms with Crippen molar-refractivity contribution in [2.45, 2.75) is 13.8 Å². The number of hydrogen-bond acceptors (Lipinski definition) is 4. The maximum absolute atomic E-state index is 9.29. The second kappa shape index (κ2) is 5.86. The highest BCUT2D eigenvalue weighted by Crippen LogP contribution is 2.61. The van der Waals surface area contributed by atoms with Gasteiger partial charge in [0.05, 0.1) is 6.61 Å². The van der Waals surface area contributed by atoms with Crippen LogP contribution in [0.3, 0.4) is 0 Å². The summed E-state index contributed by atoms with van der Waals surface area (Å²) in [4.78, 5) is 9.29. The van der Waals surface area contributed by atoms with Gasteiger partial charge in [-0.05, 0) is 29.1 Å². The maximum atomic E-state index is 9.29. The topological polar surface area (TPSA) is 29.5 Å². The van der Waals surface area contributed by atoms with Crippen LogP contribution in [0.15, 0.2) is 0 Å². The third kappa shape index (κ3) is 6.01. The van der Waals surface area contributed by atoms with Crippen LogP contribution < -0.4 is 0 Å². The van der Waals surface area contributed by atoms with E-state index in [9.17, 15) is 4.89 Å². The summed E-state index contributed by atoms with van der Waals surface area (Å²) in [5, 5.41) is 0. The van der Waals surface area contributed by atoms with Crippen LogP contribution in [0.25, 0.3) is 0 Å². The van der Waals surface area contributed by atoms with Crippen LogP contribution in [-0.4, -0.2) is 17.3 Å². The van der Waals surface area contributed by atoms with Gasteiger partial charge in [0.15, 0.2) is 0 Å². The van der Waals surface area contributed by atoms with E-state index in [1.807, 2.05) is 13.8 Å². The minimum absolute atomic E-state index is 0.491. The third-order valence-corrected chi connectivity index (χ3v) is 8.18. The Kier molecular flexibility index (Phi) is 6.61. The fourth-order valence-electron chi connectivity index (χ4n) is 0.304. The smallest absolute Gasteiger partial charge is 0.255 e. The highest BCUT2D eigenvalue weighted by molar-refractivity contribution is 9.03. The molecule has 10 heavy (non-hydrogen) atoms. The summed E-state index contributed by atoms with van der Waals surface area (Å²) >= 11 is 4.79. The standard InChI is InChI=1S/C4H11O2PS3/c1-3-6-7(5,8)10-9-4-2/h3-4H2,1-2H3,(H,5,8). The van der Waals surface area contributed by atoms with Crippen molar-refractivity contribution in [3.8, 4) is 0 Å². The Labute approximate surface area is 74.4 Å². The first-order valence-corrected chi connectivity index (χ1v) is 8.50. The summed E-state index contributed by atoms with van der Waals surface area (Å²) in [6, 6.07) is 0. The predicted molar refractivity (Wildman–Crippen MR) is 53.9 cm³/mol. The Bertz CT molecular complexity index is 130. The molecule has 0 bridgehead atoms. The molecular weight excluding hydrogens is 207 g/mol. The summed E-state index contributed by atoms with van der Waals surface area (Å²) in [5.74, 6) is 0.941. The van der Waals surface area contributed by atoms with Gasteiger partial charge in [0.2, 0.25) is 0 Å². The molecule has 0 aromatic carbocycles. The quantitative estimate of drug-likeness (QED) is 0.566. The molecule has 0 saturated heterocycles. The molecule has 0 aromatic rings. The Hall–Kier alpha value is 1.27. The predicted octanol–water partition coefficient (Wildman–Crippen LogP) is 2.64. The molecule has 0 saturated carbocycles. The molecule has 0 amide bonds. The molecule has 1 atom stereocenters. The summed E-state index contributed by atoms with van der Waals surface area (Å²) in [7, 11) is 2.82. The van der Waals surface area contributed by atoms with Gasteiger partial charge < -0.3 is 9.42 Å². The van der Waals surface area contributed by atoms with Crippen molar-refractivity contribution in [2.75, 3.05) is 12.4 Å². The summed E-state index contributed by atoms with van der Waals surface area (Å²) in [5.41, 5.74) is -2.50. The Morgan fingerprint density at radius 1 is 1.60 bits per heavy atom. The van der Waals surface area contributed by atoms with Crippen molar-refractivity contribution < 1.29 is 9.42 Å². The van der Waals surface area contributed by atoms with E-state index in [-0.39, 0.29) is 0 Å². The number of hydrogen-bond donors (Lipinski definition) is 1. The van der Waals surface area contributed by atoms with E-state index in [0.29, 0.717) is 6.61 Å². The second-order valence-electron chi connectivity index (χ2n) is 1.37. The lowest BCUT2D eigenvalue weighted by molar-refractivity contribution is 0.341. The van der Waals surface area contributed by atoms with Crippen LogP contribution in [-0.2, 0) is 16.3 Å². The normalized spacial score (nSPS) is 16.7. The van der Waals surface area contributed by atoms with Crippen molar-refractivity contribution in [3.05, 3.63) is 0 Å². The fraction of sp³-hybridized carbons (Fsp3) is 1.00. The molecule has 6 heteroatoms. The Morgan fingerprint density at radius 3 is 2.60 bits per heavy atom. The zero-order chi connectivity index (χ0) is 8.04. The lowest BCUT2D eigenvalue weighted by Gasteiger charge is -2.11. The lowest BCUT2D eigenvalue weighted by Crippen LogP contribution is -1.81. The van der Waals surface area contributed by atoms with E-state index in [4.69, 9.17) is 16.3 Å². The van der Waals surface area contributed by atoms with Crippen molar-refractivity contribution in [1.82, 2.24) is 0 Å². The van der Waals surface area contributed by atoms with Crippen LogP contribution >= 0.6 is 26.9 Å². The Balaban J connectivity index is 3.53. The molecule has 0 heterocycles. The third-order valence-electron chi connectivity index (χ3n) is 0.557. The highest BCUT2D eigenvalue weighted by atomic mass is 33.4. The summed E-state index contributed by atoms with van der Waals surface area (Å²) < 4.78 is 4.96. The van der Waals surface area contributed by atoms with Crippen LogP contribution in [0, 0.1) is 0 Å². The molecule has 1 N–H and O–H groups in total. The maximum Gasteiger partial charge on any atom is 0.255 e. The fourth-order valence-corrected chi connectivity index (χ4v) is 6.09. The van der Waals surface area contributed by atoms with Crippen molar-refractivity contribution in [3.63, 3.8) is 0 Å². The summed E-state index contributed by atoms with van der Waals surface area (Å²) in [6.07, 6.45) is 0.